The molecule has 0 radical (unpaired) electrons. The molecule has 0 saturated carbocycles. The van der Waals surface area contributed by atoms with E-state index in [4.69, 9.17) is 9.47 Å². The van der Waals surface area contributed by atoms with Crippen LogP contribution in [0.3, 0.4) is 0 Å². The number of hydrogen-bond donors (Lipinski definition) is 2. The summed E-state index contributed by atoms with van der Waals surface area (Å²) in [6.45, 7) is 6.45. The van der Waals surface area contributed by atoms with Crippen LogP contribution in [-0.2, 0) is 14.3 Å². The lowest BCUT2D eigenvalue weighted by atomic mass is 10.1. The maximum atomic E-state index is 11.6. The zero-order valence-electron chi connectivity index (χ0n) is 11.0. The Morgan fingerprint density at radius 2 is 2.06 bits per heavy atom. The van der Waals surface area contributed by atoms with Crippen LogP contribution in [0.4, 0.5) is 0 Å². The van der Waals surface area contributed by atoms with Crippen LogP contribution in [0, 0.1) is 0 Å². The Balaban J connectivity index is 2.12. The smallest absolute Gasteiger partial charge is 0.234 e. The van der Waals surface area contributed by atoms with E-state index in [0.717, 1.165) is 26.1 Å². The van der Waals surface area contributed by atoms with Crippen LogP contribution in [0.2, 0.25) is 0 Å². The van der Waals surface area contributed by atoms with Crippen LogP contribution >= 0.6 is 0 Å². The van der Waals surface area contributed by atoms with Gasteiger partial charge in [-0.15, -0.1) is 0 Å². The van der Waals surface area contributed by atoms with Crippen molar-refractivity contribution < 1.29 is 14.3 Å². The van der Waals surface area contributed by atoms with E-state index in [-0.39, 0.29) is 17.6 Å². The molecule has 1 saturated heterocycles. The molecule has 0 unspecified atom stereocenters. The van der Waals surface area contributed by atoms with Gasteiger partial charge in [0, 0.05) is 32.9 Å². The zero-order chi connectivity index (χ0) is 12.7. The molecule has 5 heteroatoms. The quantitative estimate of drug-likeness (QED) is 0.705. The van der Waals surface area contributed by atoms with Crippen LogP contribution in [0.1, 0.15) is 26.7 Å². The molecule has 1 fully saturated rings. The Hall–Kier alpha value is -0.650. The van der Waals surface area contributed by atoms with E-state index in [1.807, 2.05) is 13.8 Å². The van der Waals surface area contributed by atoms with Crippen molar-refractivity contribution in [2.24, 2.45) is 0 Å². The van der Waals surface area contributed by atoms with Gasteiger partial charge in [-0.1, -0.05) is 0 Å². The van der Waals surface area contributed by atoms with Crippen LogP contribution in [0.5, 0.6) is 0 Å². The van der Waals surface area contributed by atoms with E-state index >= 15 is 0 Å². The van der Waals surface area contributed by atoms with Crippen LogP contribution < -0.4 is 10.6 Å². The van der Waals surface area contributed by atoms with Crippen molar-refractivity contribution in [3.63, 3.8) is 0 Å². The molecule has 100 valence electrons. The van der Waals surface area contributed by atoms with E-state index in [2.05, 4.69) is 10.6 Å². The average Bonchev–Trinajstić information content (AvgIpc) is 2.30. The van der Waals surface area contributed by atoms with Crippen LogP contribution in [-0.4, -0.2) is 51.0 Å². The molecule has 1 heterocycles. The van der Waals surface area contributed by atoms with E-state index in [0.29, 0.717) is 13.1 Å². The first kappa shape index (κ1) is 14.4. The second-order valence-electron chi connectivity index (χ2n) is 5.02. The highest BCUT2D eigenvalue weighted by molar-refractivity contribution is 5.78. The molecule has 1 aliphatic rings. The molecule has 0 aromatic heterocycles. The molecule has 17 heavy (non-hydrogen) atoms. The van der Waals surface area contributed by atoms with Crippen molar-refractivity contribution in [2.45, 2.75) is 38.3 Å². The normalized spacial score (nSPS) is 18.1. The first-order valence-corrected chi connectivity index (χ1v) is 6.16. The van der Waals surface area contributed by atoms with Crippen molar-refractivity contribution >= 4 is 5.91 Å². The molecule has 0 spiro atoms. The van der Waals surface area contributed by atoms with Crippen LogP contribution in [0.15, 0.2) is 0 Å². The third-order valence-electron chi connectivity index (χ3n) is 2.98. The summed E-state index contributed by atoms with van der Waals surface area (Å²) in [5.41, 5.74) is -0.237. The maximum absolute atomic E-state index is 11.6. The highest BCUT2D eigenvalue weighted by atomic mass is 16.5. The number of ether oxygens (including phenoxy) is 2. The van der Waals surface area contributed by atoms with Gasteiger partial charge in [0.1, 0.15) is 0 Å². The number of carbonyl (C=O) groups excluding carboxylic acids is 1. The molecule has 5 nitrogen and oxygen atoms in total. The predicted molar refractivity (Wildman–Crippen MR) is 65.9 cm³/mol. The SMILES string of the molecule is COC(C)(C)CNCC(=O)NC1CCOCC1. The van der Waals surface area contributed by atoms with Crippen molar-refractivity contribution in [3.8, 4) is 0 Å². The van der Waals surface area contributed by atoms with Crippen molar-refractivity contribution in [2.75, 3.05) is 33.4 Å². The molecule has 1 amide bonds. The average molecular weight is 244 g/mol. The van der Waals surface area contributed by atoms with Gasteiger partial charge in [-0.05, 0) is 26.7 Å². The topological polar surface area (TPSA) is 59.6 Å². The molecule has 0 aromatic rings. The molecule has 0 aromatic carbocycles. The largest absolute Gasteiger partial charge is 0.381 e. The molecular weight excluding hydrogens is 220 g/mol. The second kappa shape index (κ2) is 6.93. The minimum Gasteiger partial charge on any atom is -0.381 e. The molecule has 1 rings (SSSR count). The number of amides is 1. The minimum absolute atomic E-state index is 0.0452. The van der Waals surface area contributed by atoms with E-state index in [9.17, 15) is 4.79 Å². The Morgan fingerprint density at radius 3 is 2.65 bits per heavy atom. The van der Waals surface area contributed by atoms with Gasteiger partial charge in [0.15, 0.2) is 0 Å². The summed E-state index contributed by atoms with van der Waals surface area (Å²) in [4.78, 5) is 11.6. The van der Waals surface area contributed by atoms with E-state index < -0.39 is 0 Å². The summed E-state index contributed by atoms with van der Waals surface area (Å²) in [5, 5.41) is 6.10. The van der Waals surface area contributed by atoms with Crippen molar-refractivity contribution in [3.05, 3.63) is 0 Å². The number of methoxy groups -OCH3 is 1. The second-order valence-corrected chi connectivity index (χ2v) is 5.02. The lowest BCUT2D eigenvalue weighted by Gasteiger charge is -2.25. The van der Waals surface area contributed by atoms with Gasteiger partial charge in [-0.2, -0.15) is 0 Å². The molecule has 0 bridgehead atoms. The third kappa shape index (κ3) is 6.00. The standard InChI is InChI=1S/C12H24N2O3/c1-12(2,16-3)9-13-8-11(15)14-10-4-6-17-7-5-10/h10,13H,4-9H2,1-3H3,(H,14,15). The van der Waals surface area contributed by atoms with Gasteiger partial charge in [-0.25, -0.2) is 0 Å². The monoisotopic (exact) mass is 244 g/mol. The minimum atomic E-state index is -0.237. The van der Waals surface area contributed by atoms with Crippen molar-refractivity contribution in [1.82, 2.24) is 10.6 Å². The summed E-state index contributed by atoms with van der Waals surface area (Å²) < 4.78 is 10.5. The van der Waals surface area contributed by atoms with Gasteiger partial charge < -0.3 is 20.1 Å². The van der Waals surface area contributed by atoms with Gasteiger partial charge >= 0.3 is 0 Å². The van der Waals surface area contributed by atoms with Gasteiger partial charge in [0.25, 0.3) is 0 Å². The summed E-state index contributed by atoms with van der Waals surface area (Å²) >= 11 is 0. The number of hydrogen-bond acceptors (Lipinski definition) is 4. The Bertz CT molecular complexity index is 238. The van der Waals surface area contributed by atoms with Gasteiger partial charge in [0.05, 0.1) is 12.1 Å². The zero-order valence-corrected chi connectivity index (χ0v) is 11.0. The van der Waals surface area contributed by atoms with Gasteiger partial charge in [-0.3, -0.25) is 4.79 Å². The number of rotatable bonds is 6. The molecule has 1 aliphatic heterocycles. The molecule has 2 N–H and O–H groups in total. The van der Waals surface area contributed by atoms with E-state index in [1.165, 1.54) is 0 Å². The molecular formula is C12H24N2O3. The summed E-state index contributed by atoms with van der Waals surface area (Å²) in [6.07, 6.45) is 1.82. The first-order valence-electron chi connectivity index (χ1n) is 6.16. The Labute approximate surface area is 103 Å². The summed E-state index contributed by atoms with van der Waals surface area (Å²) in [5.74, 6) is 0.0452. The Kier molecular flexibility index (Phi) is 5.88. The molecule has 0 atom stereocenters. The van der Waals surface area contributed by atoms with Gasteiger partial charge in [0.2, 0.25) is 5.91 Å². The fraction of sp³-hybridized carbons (Fsp3) is 0.917. The first-order chi connectivity index (χ1) is 8.03. The van der Waals surface area contributed by atoms with Crippen LogP contribution in [0.25, 0.3) is 0 Å². The fourth-order valence-electron chi connectivity index (χ4n) is 1.67. The third-order valence-corrected chi connectivity index (χ3v) is 2.98. The maximum Gasteiger partial charge on any atom is 0.234 e. The van der Waals surface area contributed by atoms with E-state index in [1.54, 1.807) is 7.11 Å². The predicted octanol–water partition coefficient (Wildman–Crippen LogP) is 0.296. The lowest BCUT2D eigenvalue weighted by Crippen LogP contribution is -2.45. The van der Waals surface area contributed by atoms with Crippen molar-refractivity contribution in [1.29, 1.82) is 0 Å². The number of nitrogens with one attached hydrogen (secondary N) is 2. The summed E-state index contributed by atoms with van der Waals surface area (Å²) in [7, 11) is 1.67. The lowest BCUT2D eigenvalue weighted by molar-refractivity contribution is -0.121. The Morgan fingerprint density at radius 1 is 1.41 bits per heavy atom. The highest BCUT2D eigenvalue weighted by Gasteiger charge is 2.18. The summed E-state index contributed by atoms with van der Waals surface area (Å²) in [6, 6.07) is 0.272. The molecule has 0 aliphatic carbocycles. The number of carbonyl (C=O) groups is 1. The highest BCUT2D eigenvalue weighted by Crippen LogP contribution is 2.06. The fourth-order valence-corrected chi connectivity index (χ4v) is 1.67.